The SMILES string of the molecule is COc1ccccc1-c1cccc2c3c([nH]c12)[C@@H]1C[C@H]2[C@@H](C(=O)N1CC3)[C@H](C)ON2C. The first-order chi connectivity index (χ1) is 15.1. The van der Waals surface area contributed by atoms with Crippen LogP contribution in [0.25, 0.3) is 22.0 Å². The number of ether oxygens (including phenoxy) is 1. The van der Waals surface area contributed by atoms with Crippen molar-refractivity contribution >= 4 is 16.8 Å². The monoisotopic (exact) mass is 417 g/mol. The maximum absolute atomic E-state index is 13.4. The smallest absolute Gasteiger partial charge is 0.230 e. The highest BCUT2D eigenvalue weighted by molar-refractivity contribution is 5.98. The lowest BCUT2D eigenvalue weighted by Crippen LogP contribution is -2.54. The Balaban J connectivity index is 1.49. The van der Waals surface area contributed by atoms with Crippen LogP contribution in [0, 0.1) is 5.92 Å². The number of para-hydroxylation sites is 2. The molecule has 2 saturated heterocycles. The zero-order valence-corrected chi connectivity index (χ0v) is 18.1. The van der Waals surface area contributed by atoms with Crippen molar-refractivity contribution in [3.8, 4) is 16.9 Å². The Hall–Kier alpha value is -2.83. The fourth-order valence-electron chi connectivity index (χ4n) is 6.02. The third-order valence-corrected chi connectivity index (χ3v) is 7.44. The molecule has 0 unspecified atom stereocenters. The summed E-state index contributed by atoms with van der Waals surface area (Å²) in [6.07, 6.45) is 1.70. The van der Waals surface area contributed by atoms with Gasteiger partial charge < -0.3 is 14.6 Å². The van der Waals surface area contributed by atoms with Crippen molar-refractivity contribution in [2.45, 2.75) is 38.0 Å². The van der Waals surface area contributed by atoms with Crippen LogP contribution in [-0.4, -0.2) is 53.7 Å². The number of aromatic nitrogens is 1. The normalized spacial score (nSPS) is 27.8. The topological polar surface area (TPSA) is 57.8 Å². The van der Waals surface area contributed by atoms with Crippen LogP contribution in [0.5, 0.6) is 5.75 Å². The number of methoxy groups -OCH3 is 1. The molecular weight excluding hydrogens is 390 g/mol. The molecule has 0 spiro atoms. The summed E-state index contributed by atoms with van der Waals surface area (Å²) in [5.41, 5.74) is 5.85. The van der Waals surface area contributed by atoms with E-state index < -0.39 is 0 Å². The number of nitrogens with one attached hydrogen (secondary N) is 1. The van der Waals surface area contributed by atoms with E-state index in [1.807, 2.05) is 37.2 Å². The first-order valence-corrected chi connectivity index (χ1v) is 11.1. The standard InChI is InChI=1S/C25H27N3O3/c1-14-22-19(27(2)31-14)13-20-24-18(11-12-28(20)25(22)29)17-9-6-8-16(23(17)26-24)15-7-4-5-10-21(15)30-3/h4-10,14,19-20,22,26H,11-13H2,1-3H3/t14-,19-,20-,22-/m0/s1. The van der Waals surface area contributed by atoms with Crippen LogP contribution in [0.4, 0.5) is 0 Å². The lowest BCUT2D eigenvalue weighted by Gasteiger charge is -2.44. The molecule has 3 aliphatic rings. The predicted molar refractivity (Wildman–Crippen MR) is 119 cm³/mol. The number of fused-ring (bicyclic) bond motifs is 6. The van der Waals surface area contributed by atoms with Crippen LogP contribution >= 0.6 is 0 Å². The molecule has 0 saturated carbocycles. The van der Waals surface area contributed by atoms with Crippen LogP contribution in [0.15, 0.2) is 42.5 Å². The fourth-order valence-corrected chi connectivity index (χ4v) is 6.02. The van der Waals surface area contributed by atoms with E-state index >= 15 is 0 Å². The van der Waals surface area contributed by atoms with Crippen LogP contribution in [0.2, 0.25) is 0 Å². The lowest BCUT2D eigenvalue weighted by atomic mass is 9.80. The number of rotatable bonds is 2. The molecule has 1 aromatic heterocycles. The van der Waals surface area contributed by atoms with Crippen LogP contribution < -0.4 is 4.74 Å². The summed E-state index contributed by atoms with van der Waals surface area (Å²) < 4.78 is 5.63. The number of aromatic amines is 1. The van der Waals surface area contributed by atoms with Gasteiger partial charge in [0.1, 0.15) is 5.75 Å². The summed E-state index contributed by atoms with van der Waals surface area (Å²) in [6, 6.07) is 14.8. The second-order valence-electron chi connectivity index (χ2n) is 8.93. The third-order valence-electron chi connectivity index (χ3n) is 7.44. The first-order valence-electron chi connectivity index (χ1n) is 11.1. The van der Waals surface area contributed by atoms with Crippen molar-refractivity contribution in [1.29, 1.82) is 0 Å². The minimum atomic E-state index is -0.0729. The lowest BCUT2D eigenvalue weighted by molar-refractivity contribution is -0.146. The molecule has 0 bridgehead atoms. The summed E-state index contributed by atoms with van der Waals surface area (Å²) in [7, 11) is 3.67. The second kappa shape index (κ2) is 6.84. The molecule has 1 N–H and O–H groups in total. The number of carbonyl (C=O) groups is 1. The largest absolute Gasteiger partial charge is 0.496 e. The summed E-state index contributed by atoms with van der Waals surface area (Å²) >= 11 is 0. The Kier molecular flexibility index (Phi) is 4.17. The highest BCUT2D eigenvalue weighted by Crippen LogP contribution is 2.47. The van der Waals surface area contributed by atoms with Crippen LogP contribution in [0.3, 0.4) is 0 Å². The summed E-state index contributed by atoms with van der Waals surface area (Å²) in [5.74, 6) is 1.02. The average Bonchev–Trinajstić information content (AvgIpc) is 3.31. The summed E-state index contributed by atoms with van der Waals surface area (Å²) in [6.45, 7) is 2.78. The predicted octanol–water partition coefficient (Wildman–Crippen LogP) is 3.92. The van der Waals surface area contributed by atoms with E-state index in [-0.39, 0.29) is 30.0 Å². The fraction of sp³-hybridized carbons (Fsp3) is 0.400. The number of hydroxylamine groups is 2. The van der Waals surface area contributed by atoms with E-state index in [1.165, 1.54) is 16.6 Å². The molecule has 4 heterocycles. The average molecular weight is 418 g/mol. The van der Waals surface area contributed by atoms with Gasteiger partial charge in [-0.2, -0.15) is 5.06 Å². The first kappa shape index (κ1) is 18.9. The molecule has 0 aliphatic carbocycles. The van der Waals surface area contributed by atoms with Gasteiger partial charge in [0.2, 0.25) is 5.91 Å². The Labute approximate surface area is 181 Å². The van der Waals surface area contributed by atoms with Crippen LogP contribution in [0.1, 0.15) is 30.6 Å². The van der Waals surface area contributed by atoms with Crippen molar-refractivity contribution in [2.75, 3.05) is 20.7 Å². The highest BCUT2D eigenvalue weighted by Gasteiger charge is 2.53. The molecule has 6 heteroatoms. The molecule has 3 aliphatic heterocycles. The van der Waals surface area contributed by atoms with Crippen LogP contribution in [-0.2, 0) is 16.1 Å². The molecule has 0 radical (unpaired) electrons. The molecule has 4 atom stereocenters. The molecule has 160 valence electrons. The Morgan fingerprint density at radius 2 is 1.94 bits per heavy atom. The number of nitrogens with zero attached hydrogens (tertiary/aromatic N) is 2. The van der Waals surface area contributed by atoms with Crippen molar-refractivity contribution in [3.63, 3.8) is 0 Å². The van der Waals surface area contributed by atoms with Gasteiger partial charge in [-0.3, -0.25) is 9.63 Å². The van der Waals surface area contributed by atoms with Gasteiger partial charge in [-0.25, -0.2) is 0 Å². The van der Waals surface area contributed by atoms with Gasteiger partial charge in [0.05, 0.1) is 36.7 Å². The van der Waals surface area contributed by atoms with Gasteiger partial charge in [-0.05, 0) is 31.4 Å². The van der Waals surface area contributed by atoms with E-state index in [0.29, 0.717) is 0 Å². The van der Waals surface area contributed by atoms with Crippen molar-refractivity contribution in [2.24, 2.45) is 5.92 Å². The maximum atomic E-state index is 13.4. The minimum Gasteiger partial charge on any atom is -0.496 e. The van der Waals surface area contributed by atoms with Gasteiger partial charge in [0.25, 0.3) is 0 Å². The summed E-state index contributed by atoms with van der Waals surface area (Å²) in [5, 5.41) is 3.15. The zero-order chi connectivity index (χ0) is 21.3. The second-order valence-corrected chi connectivity index (χ2v) is 8.93. The van der Waals surface area contributed by atoms with Crippen molar-refractivity contribution < 1.29 is 14.4 Å². The number of hydrogen-bond donors (Lipinski definition) is 1. The highest BCUT2D eigenvalue weighted by atomic mass is 16.7. The molecule has 2 aromatic carbocycles. The number of piperidine rings is 1. The molecular formula is C25H27N3O3. The quantitative estimate of drug-likeness (QED) is 0.687. The number of H-pyrrole nitrogens is 1. The van der Waals surface area contributed by atoms with E-state index in [0.717, 1.165) is 41.8 Å². The molecule has 3 aromatic rings. The molecule has 6 rings (SSSR count). The minimum absolute atomic E-state index is 0.0618. The van der Waals surface area contributed by atoms with Crippen molar-refractivity contribution in [3.05, 3.63) is 53.7 Å². The van der Waals surface area contributed by atoms with E-state index in [4.69, 9.17) is 9.57 Å². The summed E-state index contributed by atoms with van der Waals surface area (Å²) in [4.78, 5) is 25.1. The molecule has 2 fully saturated rings. The third kappa shape index (κ3) is 2.61. The molecule has 1 amide bonds. The van der Waals surface area contributed by atoms with Gasteiger partial charge in [-0.1, -0.05) is 36.4 Å². The number of hydrogen-bond acceptors (Lipinski definition) is 4. The van der Waals surface area contributed by atoms with E-state index in [1.54, 1.807) is 7.11 Å². The molecule has 31 heavy (non-hydrogen) atoms. The Morgan fingerprint density at radius 1 is 1.13 bits per heavy atom. The van der Waals surface area contributed by atoms with E-state index in [2.05, 4.69) is 34.1 Å². The number of amides is 1. The Bertz CT molecular complexity index is 1190. The van der Waals surface area contributed by atoms with Gasteiger partial charge in [-0.15, -0.1) is 0 Å². The number of benzene rings is 2. The number of carbonyl (C=O) groups excluding carboxylic acids is 1. The van der Waals surface area contributed by atoms with E-state index in [9.17, 15) is 4.79 Å². The molecule has 6 nitrogen and oxygen atoms in total. The zero-order valence-electron chi connectivity index (χ0n) is 18.1. The van der Waals surface area contributed by atoms with Gasteiger partial charge in [0, 0.05) is 35.8 Å². The Morgan fingerprint density at radius 3 is 2.77 bits per heavy atom. The maximum Gasteiger partial charge on any atom is 0.230 e. The van der Waals surface area contributed by atoms with Crippen molar-refractivity contribution in [1.82, 2.24) is 14.9 Å². The van der Waals surface area contributed by atoms with Gasteiger partial charge in [0.15, 0.2) is 0 Å². The van der Waals surface area contributed by atoms with Gasteiger partial charge >= 0.3 is 0 Å².